The van der Waals surface area contributed by atoms with E-state index in [2.05, 4.69) is 4.74 Å². The van der Waals surface area contributed by atoms with Gasteiger partial charge in [-0.25, -0.2) is 0 Å². The molecule has 0 bridgehead atoms. The van der Waals surface area contributed by atoms with E-state index in [1.165, 1.54) is 7.11 Å². The second-order valence-electron chi connectivity index (χ2n) is 3.11. The lowest BCUT2D eigenvalue weighted by atomic mass is 9.97. The molecule has 0 saturated heterocycles. The maximum Gasteiger partial charge on any atom is 0.323 e. The summed E-state index contributed by atoms with van der Waals surface area (Å²) in [4.78, 5) is 11.4. The fourth-order valence-electron chi connectivity index (χ4n) is 1.47. The lowest BCUT2D eigenvalue weighted by Crippen LogP contribution is -2.33. The van der Waals surface area contributed by atoms with E-state index in [4.69, 9.17) is 0 Å². The van der Waals surface area contributed by atoms with Crippen LogP contribution in [0.3, 0.4) is 0 Å². The van der Waals surface area contributed by atoms with Crippen LogP contribution in [0.25, 0.3) is 0 Å². The Hall–Kier alpha value is -0.430. The highest BCUT2D eigenvalue weighted by Gasteiger charge is 2.38. The lowest BCUT2D eigenvalue weighted by Gasteiger charge is -2.22. The molecule has 0 atom stereocenters. The summed E-state index contributed by atoms with van der Waals surface area (Å²) >= 11 is 0. The first kappa shape index (κ1) is 12.6. The highest BCUT2D eigenvalue weighted by atomic mass is 31.1. The number of carbonyl (C=O) groups is 1. The Morgan fingerprint density at radius 2 is 1.77 bits per heavy atom. The Labute approximate surface area is 81.1 Å². The van der Waals surface area contributed by atoms with Gasteiger partial charge in [-0.05, 0) is 12.8 Å². The average molecular weight is 204 g/mol. The summed E-state index contributed by atoms with van der Waals surface area (Å²) in [6, 6.07) is 0. The smallest absolute Gasteiger partial charge is 0.323 e. The fourth-order valence-corrected chi connectivity index (χ4v) is 2.27. The van der Waals surface area contributed by atoms with Gasteiger partial charge in [0, 0.05) is 0 Å². The summed E-state index contributed by atoms with van der Waals surface area (Å²) in [7, 11) is 1.23. The molecule has 0 heterocycles. The second-order valence-corrected chi connectivity index (χ2v) is 4.15. The van der Waals surface area contributed by atoms with Crippen molar-refractivity contribution >= 4 is 14.4 Å². The molecule has 0 aromatic carbocycles. The van der Waals surface area contributed by atoms with Crippen molar-refractivity contribution in [3.63, 3.8) is 0 Å². The number of ether oxygens (including phenoxy) is 1. The van der Waals surface area contributed by atoms with Crippen LogP contribution in [0.1, 0.15) is 39.5 Å². The third-order valence-corrected chi connectivity index (χ3v) is 3.05. The van der Waals surface area contributed by atoms with Crippen molar-refractivity contribution in [1.82, 2.24) is 0 Å². The molecule has 0 rings (SSSR count). The highest BCUT2D eigenvalue weighted by molar-refractivity contribution is 7.27. The van der Waals surface area contributed by atoms with Gasteiger partial charge in [0.2, 0.25) is 0 Å². The molecule has 0 spiro atoms. The molecule has 0 aliphatic carbocycles. The topological polar surface area (TPSA) is 43.4 Å². The van der Waals surface area contributed by atoms with Crippen molar-refractivity contribution in [3.05, 3.63) is 0 Å². The van der Waals surface area contributed by atoms with Gasteiger partial charge in [-0.1, -0.05) is 26.7 Å². The molecule has 0 saturated carbocycles. The first-order valence-corrected chi connectivity index (χ1v) is 5.41. The molecule has 0 radical (unpaired) electrons. The van der Waals surface area contributed by atoms with Crippen molar-refractivity contribution < 1.29 is 14.1 Å². The van der Waals surface area contributed by atoms with E-state index in [1.54, 1.807) is 0 Å². The summed E-state index contributed by atoms with van der Waals surface area (Å²) in [6.07, 6.45) is 2.92. The first-order chi connectivity index (χ1) is 6.16. The Morgan fingerprint density at radius 1 is 1.31 bits per heavy atom. The number of hydrogen-bond acceptors (Lipinski definition) is 3. The lowest BCUT2D eigenvalue weighted by molar-refractivity contribution is -0.144. The van der Waals surface area contributed by atoms with Gasteiger partial charge in [0.25, 0.3) is 0 Å². The molecular formula is C9H17O3P. The summed E-state index contributed by atoms with van der Waals surface area (Å²) in [6.45, 7) is 3.94. The van der Waals surface area contributed by atoms with Crippen LogP contribution >= 0.6 is 8.46 Å². The first-order valence-electron chi connectivity index (χ1n) is 4.59. The summed E-state index contributed by atoms with van der Waals surface area (Å²) in [5.41, 5.74) is 0. The third-order valence-electron chi connectivity index (χ3n) is 2.07. The van der Waals surface area contributed by atoms with E-state index in [1.807, 2.05) is 13.8 Å². The largest absolute Gasteiger partial charge is 0.468 e. The molecule has 0 unspecified atom stereocenters. The number of rotatable bonds is 6. The zero-order chi connectivity index (χ0) is 10.3. The van der Waals surface area contributed by atoms with Crippen molar-refractivity contribution in [3.8, 4) is 0 Å². The molecule has 0 N–H and O–H groups in total. The van der Waals surface area contributed by atoms with E-state index in [9.17, 15) is 9.36 Å². The summed E-state index contributed by atoms with van der Waals surface area (Å²) in [5, 5.41) is -0.793. The van der Waals surface area contributed by atoms with E-state index in [0.717, 1.165) is 12.8 Å². The molecule has 0 aliphatic heterocycles. The number of esters is 1. The van der Waals surface area contributed by atoms with Crippen LogP contribution < -0.4 is 0 Å². The molecule has 13 heavy (non-hydrogen) atoms. The Morgan fingerprint density at radius 3 is 2.00 bits per heavy atom. The van der Waals surface area contributed by atoms with E-state index >= 15 is 0 Å². The quantitative estimate of drug-likeness (QED) is 0.493. The van der Waals surface area contributed by atoms with Crippen LogP contribution in [0.4, 0.5) is 0 Å². The monoisotopic (exact) mass is 204 g/mol. The molecule has 0 aliphatic rings. The Bertz CT molecular complexity index is 174. The zero-order valence-corrected chi connectivity index (χ0v) is 9.39. The highest BCUT2D eigenvalue weighted by Crippen LogP contribution is 2.34. The maximum absolute atomic E-state index is 11.4. The van der Waals surface area contributed by atoms with Crippen molar-refractivity contribution in [2.24, 2.45) is 0 Å². The van der Waals surface area contributed by atoms with Gasteiger partial charge < -0.3 is 4.74 Å². The fraction of sp³-hybridized carbons (Fsp3) is 0.889. The molecule has 0 fully saturated rings. The van der Waals surface area contributed by atoms with Gasteiger partial charge >= 0.3 is 5.97 Å². The van der Waals surface area contributed by atoms with Crippen molar-refractivity contribution in [2.45, 2.75) is 44.7 Å². The molecule has 3 nitrogen and oxygen atoms in total. The van der Waals surface area contributed by atoms with E-state index < -0.39 is 5.16 Å². The summed E-state index contributed by atoms with van der Waals surface area (Å²) < 4.78 is 15.7. The molecular weight excluding hydrogens is 187 g/mol. The predicted octanol–water partition coefficient (Wildman–Crippen LogP) is 2.79. The van der Waals surface area contributed by atoms with Crippen LogP contribution in [0.2, 0.25) is 0 Å². The Balaban J connectivity index is 4.62. The zero-order valence-electron chi connectivity index (χ0n) is 8.50. The predicted molar refractivity (Wildman–Crippen MR) is 52.2 cm³/mol. The molecule has 0 amide bonds. The van der Waals surface area contributed by atoms with Gasteiger partial charge in [-0.3, -0.25) is 9.36 Å². The second kappa shape index (κ2) is 6.09. The minimum atomic E-state index is -0.793. The summed E-state index contributed by atoms with van der Waals surface area (Å²) in [5.74, 6) is -0.354. The SMILES string of the molecule is CCCC(CCC)(P=O)C(=O)OC. The number of hydrogen-bond donors (Lipinski definition) is 0. The van der Waals surface area contributed by atoms with Gasteiger partial charge in [-0.15, -0.1) is 0 Å². The molecule has 76 valence electrons. The number of carbonyl (C=O) groups excluding carboxylic acids is 1. The van der Waals surface area contributed by atoms with Crippen LogP contribution in [0.15, 0.2) is 0 Å². The maximum atomic E-state index is 11.4. The van der Waals surface area contributed by atoms with Gasteiger partial charge in [0.15, 0.2) is 8.46 Å². The van der Waals surface area contributed by atoms with E-state index in [0.29, 0.717) is 12.8 Å². The van der Waals surface area contributed by atoms with Gasteiger partial charge in [-0.2, -0.15) is 0 Å². The van der Waals surface area contributed by atoms with Crippen molar-refractivity contribution in [1.29, 1.82) is 0 Å². The standard InChI is InChI=1S/C9H17O3P/c1-4-6-9(13-11,7-5-2)8(10)12-3/h4-7H2,1-3H3. The third kappa shape index (κ3) is 3.07. The van der Waals surface area contributed by atoms with Crippen molar-refractivity contribution in [2.75, 3.05) is 7.11 Å². The average Bonchev–Trinajstić information content (AvgIpc) is 2.16. The molecule has 4 heteroatoms. The van der Waals surface area contributed by atoms with E-state index in [-0.39, 0.29) is 14.4 Å². The molecule has 0 aromatic rings. The van der Waals surface area contributed by atoms with Crippen LogP contribution in [0, 0.1) is 0 Å². The van der Waals surface area contributed by atoms with Gasteiger partial charge in [0.1, 0.15) is 5.16 Å². The molecule has 0 aromatic heterocycles. The Kier molecular flexibility index (Phi) is 5.89. The van der Waals surface area contributed by atoms with Gasteiger partial charge in [0.05, 0.1) is 7.11 Å². The van der Waals surface area contributed by atoms with Crippen LogP contribution in [-0.4, -0.2) is 18.2 Å². The normalized spacial score (nSPS) is 11.6. The minimum absolute atomic E-state index is 0.115. The van der Waals surface area contributed by atoms with Crippen LogP contribution in [0.5, 0.6) is 0 Å². The van der Waals surface area contributed by atoms with Crippen LogP contribution in [-0.2, 0) is 14.1 Å². The minimum Gasteiger partial charge on any atom is -0.468 e. The number of methoxy groups -OCH3 is 1.